The number of hydrogen-bond donors (Lipinski definition) is 2. The number of carbonyl (C=O) groups excluding carboxylic acids is 3. The largest absolute Gasteiger partial charge is 0.366 e. The number of nitrogens with one attached hydrogen (secondary N) is 1. The number of nitrogens with two attached hydrogens (primary N) is 1. The number of nitrogens with zero attached hydrogens (tertiary/aromatic N) is 1. The smallest absolute Gasteiger partial charge is 0.254 e. The van der Waals surface area contributed by atoms with Gasteiger partial charge in [0.15, 0.2) is 0 Å². The van der Waals surface area contributed by atoms with Crippen LogP contribution in [0.15, 0.2) is 18.2 Å². The van der Waals surface area contributed by atoms with Gasteiger partial charge in [0.1, 0.15) is 0 Å². The molecule has 6 heteroatoms. The Balaban J connectivity index is 1.51. The summed E-state index contributed by atoms with van der Waals surface area (Å²) in [7, 11) is 0. The number of anilines is 1. The molecular weight excluding hydrogens is 546 g/mol. The third-order valence-electron chi connectivity index (χ3n) is 11.6. The number of rotatable bonds is 12. The van der Waals surface area contributed by atoms with Crippen molar-refractivity contribution in [1.82, 2.24) is 4.90 Å². The van der Waals surface area contributed by atoms with Crippen LogP contribution in [0.4, 0.5) is 5.69 Å². The van der Waals surface area contributed by atoms with Gasteiger partial charge >= 0.3 is 0 Å². The fraction of sp³-hybridized carbons (Fsp3) is 0.763. The van der Waals surface area contributed by atoms with Crippen LogP contribution >= 0.6 is 0 Å². The summed E-state index contributed by atoms with van der Waals surface area (Å²) >= 11 is 0. The predicted molar refractivity (Wildman–Crippen MR) is 181 cm³/mol. The van der Waals surface area contributed by atoms with Crippen LogP contribution in [0.2, 0.25) is 0 Å². The third-order valence-corrected chi connectivity index (χ3v) is 11.6. The van der Waals surface area contributed by atoms with Crippen molar-refractivity contribution in [2.75, 3.05) is 5.32 Å². The Labute approximate surface area is 267 Å². The van der Waals surface area contributed by atoms with Crippen molar-refractivity contribution in [3.8, 4) is 0 Å². The Morgan fingerprint density at radius 3 is 1.75 bits per heavy atom. The molecule has 6 nitrogen and oxygen atoms in total. The maximum atomic E-state index is 14.5. The molecule has 3 amide bonds. The van der Waals surface area contributed by atoms with Crippen LogP contribution in [0.3, 0.4) is 0 Å². The fourth-order valence-electron chi connectivity index (χ4n) is 8.48. The molecule has 44 heavy (non-hydrogen) atoms. The quantitative estimate of drug-likeness (QED) is 0.232. The number of primary amides is 1. The first kappa shape index (κ1) is 34.5. The van der Waals surface area contributed by atoms with Crippen LogP contribution in [-0.4, -0.2) is 34.7 Å². The zero-order valence-electron chi connectivity index (χ0n) is 28.4. The van der Waals surface area contributed by atoms with Gasteiger partial charge in [-0.1, -0.05) is 60.3 Å². The van der Waals surface area contributed by atoms with E-state index in [1.165, 1.54) is 25.7 Å². The Morgan fingerprint density at radius 1 is 0.750 bits per heavy atom. The minimum Gasteiger partial charge on any atom is -0.366 e. The second kappa shape index (κ2) is 16.3. The van der Waals surface area contributed by atoms with Gasteiger partial charge in [-0.3, -0.25) is 14.4 Å². The molecule has 0 saturated heterocycles. The molecule has 0 spiro atoms. The monoisotopic (exact) mass is 607 g/mol. The topological polar surface area (TPSA) is 92.5 Å². The van der Waals surface area contributed by atoms with Gasteiger partial charge in [0, 0.05) is 34.8 Å². The number of hydrogen-bond acceptors (Lipinski definition) is 3. The standard InChI is InChI=1S/C38H61N3O3/c1-6-7-8-9-27-10-12-30(13-11-27)37(43)40-33-23-31(36(39)42)22-32(24-33)38(44)41(34-18-14-28(15-19-34)25(2)3)35-20-16-29(17-21-35)26(4)5/h22-30,34-35H,6-21H2,1-5H3,(H2,39,42)(H,40,43)/t27-,28-,29-,30+,34+,35+. The SMILES string of the molecule is CCCCC[C@H]1CC[C@@H](C(=O)Nc2cc(C(N)=O)cc(C(=O)N([C@H]3CC[C@@H](C(C)C)CC3)[C@H]3CC[C@@H](C(C)C)CC3)c2)CC1. The molecular formula is C38H61N3O3. The predicted octanol–water partition coefficient (Wildman–Crippen LogP) is 8.98. The van der Waals surface area contributed by atoms with E-state index in [0.717, 1.165) is 83.0 Å². The lowest BCUT2D eigenvalue weighted by Gasteiger charge is -2.45. The van der Waals surface area contributed by atoms with E-state index < -0.39 is 5.91 Å². The fourth-order valence-corrected chi connectivity index (χ4v) is 8.48. The molecule has 1 aromatic carbocycles. The van der Waals surface area contributed by atoms with Crippen molar-refractivity contribution in [2.45, 2.75) is 149 Å². The van der Waals surface area contributed by atoms with Gasteiger partial charge in [-0.05, 0) is 125 Å². The molecule has 4 rings (SSSR count). The maximum absolute atomic E-state index is 14.5. The normalized spacial score (nSPS) is 27.7. The van der Waals surface area contributed by atoms with Crippen molar-refractivity contribution in [3.05, 3.63) is 29.3 Å². The summed E-state index contributed by atoms with van der Waals surface area (Å²) in [5, 5.41) is 3.09. The minimum atomic E-state index is -0.579. The van der Waals surface area contributed by atoms with E-state index in [0.29, 0.717) is 34.9 Å². The summed E-state index contributed by atoms with van der Waals surface area (Å²) in [6, 6.07) is 5.49. The Hall–Kier alpha value is -2.37. The molecule has 3 aliphatic carbocycles. The molecule has 1 aromatic rings. The van der Waals surface area contributed by atoms with Gasteiger partial charge in [0.25, 0.3) is 5.91 Å². The highest BCUT2D eigenvalue weighted by atomic mass is 16.2. The maximum Gasteiger partial charge on any atom is 0.254 e. The second-order valence-electron chi connectivity index (χ2n) is 15.2. The number of amides is 3. The Bertz CT molecular complexity index is 1060. The average molecular weight is 608 g/mol. The van der Waals surface area contributed by atoms with E-state index in [-0.39, 0.29) is 35.4 Å². The lowest BCUT2D eigenvalue weighted by molar-refractivity contribution is -0.121. The molecule has 246 valence electrons. The van der Waals surface area contributed by atoms with Gasteiger partial charge in [0.2, 0.25) is 11.8 Å². The summed E-state index contributed by atoms with van der Waals surface area (Å²) in [6.07, 6.45) is 17.8. The molecule has 0 heterocycles. The average Bonchev–Trinajstić information content (AvgIpc) is 3.02. The van der Waals surface area contributed by atoms with Gasteiger partial charge < -0.3 is 16.0 Å². The highest BCUT2D eigenvalue weighted by molar-refractivity contribution is 6.02. The van der Waals surface area contributed by atoms with Gasteiger partial charge in [0.05, 0.1) is 0 Å². The number of benzene rings is 1. The zero-order chi connectivity index (χ0) is 31.8. The summed E-state index contributed by atoms with van der Waals surface area (Å²) in [5.74, 6) is 2.85. The molecule has 0 aromatic heterocycles. The van der Waals surface area contributed by atoms with Gasteiger partial charge in [-0.2, -0.15) is 0 Å². The summed E-state index contributed by atoms with van der Waals surface area (Å²) in [6.45, 7) is 11.5. The van der Waals surface area contributed by atoms with Crippen LogP contribution in [0.25, 0.3) is 0 Å². The van der Waals surface area contributed by atoms with Crippen LogP contribution in [0, 0.1) is 35.5 Å². The second-order valence-corrected chi connectivity index (χ2v) is 15.2. The minimum absolute atomic E-state index is 0.00657. The molecule has 0 unspecified atom stereocenters. The first-order chi connectivity index (χ1) is 21.1. The summed E-state index contributed by atoms with van der Waals surface area (Å²) < 4.78 is 0. The van der Waals surface area contributed by atoms with E-state index in [4.69, 9.17) is 5.73 Å². The van der Waals surface area contributed by atoms with Crippen molar-refractivity contribution in [3.63, 3.8) is 0 Å². The number of carbonyl (C=O) groups is 3. The first-order valence-corrected chi connectivity index (χ1v) is 18.2. The van der Waals surface area contributed by atoms with Crippen LogP contribution in [0.5, 0.6) is 0 Å². The highest BCUT2D eigenvalue weighted by Crippen LogP contribution is 2.39. The third kappa shape index (κ3) is 9.10. The van der Waals surface area contributed by atoms with Gasteiger partial charge in [-0.15, -0.1) is 0 Å². The molecule has 3 saturated carbocycles. The lowest BCUT2D eigenvalue weighted by atomic mass is 9.76. The van der Waals surface area contributed by atoms with Crippen LogP contribution in [0.1, 0.15) is 158 Å². The van der Waals surface area contributed by atoms with E-state index >= 15 is 0 Å². The molecule has 0 atom stereocenters. The molecule has 0 bridgehead atoms. The molecule has 0 aliphatic heterocycles. The zero-order valence-corrected chi connectivity index (χ0v) is 28.4. The Morgan fingerprint density at radius 2 is 1.27 bits per heavy atom. The number of unbranched alkanes of at least 4 members (excludes halogenated alkanes) is 2. The van der Waals surface area contributed by atoms with Crippen molar-refractivity contribution in [1.29, 1.82) is 0 Å². The van der Waals surface area contributed by atoms with Crippen molar-refractivity contribution in [2.24, 2.45) is 41.2 Å². The van der Waals surface area contributed by atoms with Gasteiger partial charge in [-0.25, -0.2) is 0 Å². The van der Waals surface area contributed by atoms with E-state index in [1.807, 2.05) is 0 Å². The summed E-state index contributed by atoms with van der Waals surface area (Å²) in [4.78, 5) is 42.5. The van der Waals surface area contributed by atoms with E-state index in [2.05, 4.69) is 44.8 Å². The molecule has 3 aliphatic rings. The Kier molecular flexibility index (Phi) is 12.8. The first-order valence-electron chi connectivity index (χ1n) is 18.2. The van der Waals surface area contributed by atoms with E-state index in [1.54, 1.807) is 18.2 Å². The molecule has 0 radical (unpaired) electrons. The van der Waals surface area contributed by atoms with Crippen LogP contribution in [-0.2, 0) is 4.79 Å². The highest BCUT2D eigenvalue weighted by Gasteiger charge is 2.37. The lowest BCUT2D eigenvalue weighted by Crippen LogP contribution is -2.50. The molecule has 3 N–H and O–H groups in total. The van der Waals surface area contributed by atoms with Crippen LogP contribution < -0.4 is 11.1 Å². The van der Waals surface area contributed by atoms with Crippen molar-refractivity contribution >= 4 is 23.4 Å². The van der Waals surface area contributed by atoms with E-state index in [9.17, 15) is 14.4 Å². The summed E-state index contributed by atoms with van der Waals surface area (Å²) in [5.41, 5.74) is 7.01. The molecule has 3 fully saturated rings. The van der Waals surface area contributed by atoms with Crippen molar-refractivity contribution < 1.29 is 14.4 Å².